The van der Waals surface area contributed by atoms with E-state index in [0.29, 0.717) is 0 Å². The number of hydrogen-bond donors (Lipinski definition) is 1. The maximum absolute atomic E-state index is 10.8. The molecule has 1 N–H and O–H groups in total. The molecule has 1 heterocycles. The third kappa shape index (κ3) is 1.29. The zero-order valence-corrected chi connectivity index (χ0v) is 8.06. The van der Waals surface area contributed by atoms with Gasteiger partial charge in [-0.25, -0.2) is 0 Å². The normalized spacial score (nSPS) is 11.7. The number of hydrogen-bond acceptors (Lipinski definition) is 1. The molecule has 0 aliphatic carbocycles. The molecule has 0 spiro atoms. The van der Waals surface area contributed by atoms with Gasteiger partial charge in [0.25, 0.3) is 0 Å². The van der Waals surface area contributed by atoms with Crippen molar-refractivity contribution in [2.24, 2.45) is 0 Å². The minimum atomic E-state index is -0.367. The third-order valence-electron chi connectivity index (χ3n) is 2.21. The molecule has 0 atom stereocenters. The molecule has 0 radical (unpaired) electrons. The van der Waals surface area contributed by atoms with E-state index in [4.69, 9.17) is 0 Å². The van der Waals surface area contributed by atoms with E-state index in [1.54, 1.807) is 0 Å². The smallest absolute Gasteiger partial charge is 0.130 e. The van der Waals surface area contributed by atoms with Gasteiger partial charge in [0, 0.05) is 17.3 Å². The summed E-state index contributed by atoms with van der Waals surface area (Å²) < 4.78 is 0. The molecule has 1 aromatic heterocycles. The Morgan fingerprint density at radius 1 is 1.42 bits per heavy atom. The number of H-pyrrole nitrogens is 1. The predicted molar refractivity (Wildman–Crippen MR) is 49.4 cm³/mol. The molecule has 1 rings (SSSR count). The van der Waals surface area contributed by atoms with Crippen LogP contribution in [0.15, 0.2) is 6.20 Å². The van der Waals surface area contributed by atoms with Crippen LogP contribution in [0.1, 0.15) is 30.7 Å². The number of aldehydes is 1. The molecule has 0 saturated carbocycles. The van der Waals surface area contributed by atoms with Crippen molar-refractivity contribution in [1.29, 1.82) is 0 Å². The topological polar surface area (TPSA) is 32.9 Å². The van der Waals surface area contributed by atoms with Crippen molar-refractivity contribution in [3.8, 4) is 0 Å². The molecule has 0 aliphatic rings. The molecule has 0 saturated heterocycles. The third-order valence-corrected chi connectivity index (χ3v) is 2.21. The standard InChI is InChI=1S/C10H15NO/c1-7-5-11-8(2)9(7)10(3,4)6-12/h5-6,11H,1-4H3. The lowest BCUT2D eigenvalue weighted by Crippen LogP contribution is -2.20. The number of carbonyl (C=O) groups is 1. The average Bonchev–Trinajstić information content (AvgIpc) is 2.31. The first-order chi connectivity index (χ1) is 5.49. The van der Waals surface area contributed by atoms with Crippen LogP contribution in [-0.4, -0.2) is 11.3 Å². The summed E-state index contributed by atoms with van der Waals surface area (Å²) in [6, 6.07) is 0. The molecule has 0 amide bonds. The molecular formula is C10H15NO. The van der Waals surface area contributed by atoms with Crippen molar-refractivity contribution >= 4 is 6.29 Å². The van der Waals surface area contributed by atoms with Crippen LogP contribution in [0, 0.1) is 13.8 Å². The van der Waals surface area contributed by atoms with Gasteiger partial charge >= 0.3 is 0 Å². The maximum atomic E-state index is 10.8. The molecule has 0 aliphatic heterocycles. The van der Waals surface area contributed by atoms with E-state index in [9.17, 15) is 4.79 Å². The van der Waals surface area contributed by atoms with Gasteiger partial charge in [-0.1, -0.05) is 0 Å². The minimum absolute atomic E-state index is 0.367. The van der Waals surface area contributed by atoms with Gasteiger partial charge in [0.15, 0.2) is 0 Å². The Kier molecular flexibility index (Phi) is 2.09. The number of aryl methyl sites for hydroxylation is 2. The molecule has 66 valence electrons. The molecule has 0 bridgehead atoms. The van der Waals surface area contributed by atoms with Crippen molar-refractivity contribution in [3.05, 3.63) is 23.0 Å². The number of aromatic amines is 1. The lowest BCUT2D eigenvalue weighted by Gasteiger charge is -2.18. The Bertz CT molecular complexity index is 277. The van der Waals surface area contributed by atoms with E-state index < -0.39 is 0 Å². The first kappa shape index (κ1) is 9.04. The van der Waals surface area contributed by atoms with Gasteiger partial charge in [-0.2, -0.15) is 0 Å². The fraction of sp³-hybridized carbons (Fsp3) is 0.500. The van der Waals surface area contributed by atoms with Crippen LogP contribution in [0.4, 0.5) is 0 Å². The summed E-state index contributed by atoms with van der Waals surface area (Å²) in [4.78, 5) is 13.9. The highest BCUT2D eigenvalue weighted by Crippen LogP contribution is 2.26. The number of nitrogens with one attached hydrogen (secondary N) is 1. The predicted octanol–water partition coefficient (Wildman–Crippen LogP) is 2.11. The van der Waals surface area contributed by atoms with Crippen LogP contribution in [0.25, 0.3) is 0 Å². The van der Waals surface area contributed by atoms with Crippen molar-refractivity contribution in [1.82, 2.24) is 4.98 Å². The number of rotatable bonds is 2. The Balaban J connectivity index is 3.25. The van der Waals surface area contributed by atoms with Crippen LogP contribution in [0.5, 0.6) is 0 Å². The Morgan fingerprint density at radius 2 is 2.00 bits per heavy atom. The first-order valence-electron chi connectivity index (χ1n) is 4.10. The largest absolute Gasteiger partial charge is 0.365 e. The van der Waals surface area contributed by atoms with Crippen LogP contribution in [0.3, 0.4) is 0 Å². The summed E-state index contributed by atoms with van der Waals surface area (Å²) in [5.41, 5.74) is 3.00. The summed E-state index contributed by atoms with van der Waals surface area (Å²) >= 11 is 0. The van der Waals surface area contributed by atoms with Crippen LogP contribution < -0.4 is 0 Å². The number of aromatic nitrogens is 1. The van der Waals surface area contributed by atoms with Gasteiger partial charge in [0.05, 0.1) is 0 Å². The van der Waals surface area contributed by atoms with Gasteiger partial charge < -0.3 is 9.78 Å². The molecule has 12 heavy (non-hydrogen) atoms. The van der Waals surface area contributed by atoms with Gasteiger partial charge in [-0.3, -0.25) is 0 Å². The van der Waals surface area contributed by atoms with Gasteiger partial charge in [0.1, 0.15) is 6.29 Å². The molecule has 0 fully saturated rings. The molecule has 0 aromatic carbocycles. The Morgan fingerprint density at radius 3 is 2.33 bits per heavy atom. The van der Waals surface area contributed by atoms with Gasteiger partial charge in [-0.15, -0.1) is 0 Å². The van der Waals surface area contributed by atoms with Crippen LogP contribution in [0.2, 0.25) is 0 Å². The van der Waals surface area contributed by atoms with E-state index in [1.165, 1.54) is 0 Å². The highest BCUT2D eigenvalue weighted by Gasteiger charge is 2.24. The van der Waals surface area contributed by atoms with Crippen molar-refractivity contribution < 1.29 is 4.79 Å². The van der Waals surface area contributed by atoms with E-state index in [2.05, 4.69) is 4.98 Å². The van der Waals surface area contributed by atoms with E-state index in [-0.39, 0.29) is 5.41 Å². The van der Waals surface area contributed by atoms with Crippen molar-refractivity contribution in [3.63, 3.8) is 0 Å². The fourth-order valence-electron chi connectivity index (χ4n) is 1.71. The summed E-state index contributed by atoms with van der Waals surface area (Å²) in [6.45, 7) is 7.88. The molecule has 2 heteroatoms. The second-order valence-corrected chi connectivity index (χ2v) is 3.81. The maximum Gasteiger partial charge on any atom is 0.130 e. The first-order valence-corrected chi connectivity index (χ1v) is 4.10. The molecular weight excluding hydrogens is 150 g/mol. The lowest BCUT2D eigenvalue weighted by atomic mass is 9.84. The number of carbonyl (C=O) groups excluding carboxylic acids is 1. The Labute approximate surface area is 73.0 Å². The van der Waals surface area contributed by atoms with Crippen molar-refractivity contribution in [2.45, 2.75) is 33.1 Å². The van der Waals surface area contributed by atoms with E-state index in [0.717, 1.165) is 23.1 Å². The SMILES string of the molecule is Cc1c[nH]c(C)c1C(C)(C)C=O. The summed E-state index contributed by atoms with van der Waals surface area (Å²) in [5, 5.41) is 0. The summed E-state index contributed by atoms with van der Waals surface area (Å²) in [5.74, 6) is 0. The van der Waals surface area contributed by atoms with Gasteiger partial charge in [0.2, 0.25) is 0 Å². The molecule has 1 aromatic rings. The summed E-state index contributed by atoms with van der Waals surface area (Å²) in [7, 11) is 0. The van der Waals surface area contributed by atoms with E-state index in [1.807, 2.05) is 33.9 Å². The molecule has 0 unspecified atom stereocenters. The minimum Gasteiger partial charge on any atom is -0.365 e. The highest BCUT2D eigenvalue weighted by atomic mass is 16.1. The Hall–Kier alpha value is -1.05. The zero-order valence-electron chi connectivity index (χ0n) is 8.06. The van der Waals surface area contributed by atoms with E-state index >= 15 is 0 Å². The highest BCUT2D eigenvalue weighted by molar-refractivity contribution is 5.68. The molecule has 2 nitrogen and oxygen atoms in total. The second kappa shape index (κ2) is 2.77. The second-order valence-electron chi connectivity index (χ2n) is 3.81. The monoisotopic (exact) mass is 165 g/mol. The zero-order chi connectivity index (χ0) is 9.35. The average molecular weight is 165 g/mol. The quantitative estimate of drug-likeness (QED) is 0.669. The van der Waals surface area contributed by atoms with Crippen LogP contribution >= 0.6 is 0 Å². The summed E-state index contributed by atoms with van der Waals surface area (Å²) in [6.07, 6.45) is 2.94. The lowest BCUT2D eigenvalue weighted by molar-refractivity contribution is -0.111. The fourth-order valence-corrected chi connectivity index (χ4v) is 1.71. The van der Waals surface area contributed by atoms with Gasteiger partial charge in [-0.05, 0) is 38.8 Å². The van der Waals surface area contributed by atoms with Crippen molar-refractivity contribution in [2.75, 3.05) is 0 Å². The van der Waals surface area contributed by atoms with Crippen LogP contribution in [-0.2, 0) is 10.2 Å².